The van der Waals surface area contributed by atoms with E-state index < -0.39 is 31.3 Å². The third-order valence-electron chi connectivity index (χ3n) is 10.6. The van der Waals surface area contributed by atoms with Crippen molar-refractivity contribution < 1.29 is 36.0 Å². The first-order valence-electron chi connectivity index (χ1n) is 21.1. The van der Waals surface area contributed by atoms with Crippen LogP contribution in [0.25, 0.3) is 83.2 Å². The van der Waals surface area contributed by atoms with E-state index in [9.17, 15) is 8.78 Å². The fourth-order valence-electron chi connectivity index (χ4n) is 7.82. The number of hydrogen-bond donors (Lipinski definition) is 0. The molecule has 0 saturated heterocycles. The van der Waals surface area contributed by atoms with E-state index in [1.54, 1.807) is 18.2 Å². The van der Waals surface area contributed by atoms with Crippen LogP contribution in [0.2, 0.25) is 17.3 Å². The van der Waals surface area contributed by atoms with Crippen LogP contribution in [0.15, 0.2) is 156 Å². The van der Waals surface area contributed by atoms with Crippen molar-refractivity contribution in [2.75, 3.05) is 0 Å². The molecule has 8 heteroatoms. The van der Waals surface area contributed by atoms with Crippen molar-refractivity contribution in [3.8, 4) is 39.5 Å². The number of para-hydroxylation sites is 2. The number of pyridine rings is 1. The number of nitrogens with zero attached hydrogens (tertiary/aromatic N) is 3. The fraction of sp³-hybridized carbons (Fsp3) is 0.132. The van der Waals surface area contributed by atoms with E-state index >= 15 is 0 Å². The molecule has 0 spiro atoms. The minimum atomic E-state index is -2.20. The molecule has 0 aliphatic carbocycles. The Labute approximate surface area is 373 Å². The van der Waals surface area contributed by atoms with Crippen molar-refractivity contribution in [1.82, 2.24) is 14.5 Å². The third kappa shape index (κ3) is 8.35. The van der Waals surface area contributed by atoms with Crippen LogP contribution in [0.3, 0.4) is 0 Å². The summed E-state index contributed by atoms with van der Waals surface area (Å²) >= 11 is -2.20. The zero-order valence-corrected chi connectivity index (χ0v) is 38.8. The summed E-state index contributed by atoms with van der Waals surface area (Å²) in [6, 6.07) is 51.8. The molecule has 0 unspecified atom stereocenters. The molecule has 0 aliphatic rings. The molecule has 1 radical (unpaired) electrons. The predicted molar refractivity (Wildman–Crippen MR) is 246 cm³/mol. The number of aromatic nitrogens is 3. The van der Waals surface area contributed by atoms with Crippen LogP contribution in [0, 0.1) is 29.7 Å². The van der Waals surface area contributed by atoms with Crippen LogP contribution in [-0.2, 0) is 26.5 Å². The molecule has 0 bridgehead atoms. The molecule has 0 aliphatic heterocycles. The maximum Gasteiger partial charge on any atom is 0 e. The van der Waals surface area contributed by atoms with E-state index in [0.29, 0.717) is 16.7 Å². The summed E-state index contributed by atoms with van der Waals surface area (Å²) < 4.78 is 55.5. The molecule has 0 amide bonds. The first-order chi connectivity index (χ1) is 29.8. The number of imidazole rings is 1. The van der Waals surface area contributed by atoms with E-state index in [4.69, 9.17) is 12.1 Å². The predicted octanol–water partition coefficient (Wildman–Crippen LogP) is 13.8. The summed E-state index contributed by atoms with van der Waals surface area (Å²) in [6.07, 6.45) is 0.562. The third-order valence-corrected chi connectivity index (χ3v) is 14.8. The standard InChI is InChI=1S/C35H19F2N2O.C18H24GeN.Ir/c36-27-10-6-11-28(37)34(27)22-15-17-25-26-19-23(16-18-32(26)40-33(25)20-22)35-38-29-12-3-4-13-31(29)39(35)30-14-5-8-21-7-1-2-9-24(21)30;1-14(2)11-16-12-18(15-9-7-6-8-10-15)20-13-17(16)19(3,4)5;/h1-15,17-20H;6-9,12-14H,11H2,1-5H3;/q2*-1;/i;11D2;. The van der Waals surface area contributed by atoms with E-state index in [-0.39, 0.29) is 31.6 Å². The van der Waals surface area contributed by atoms with E-state index in [2.05, 4.69) is 75.4 Å². The molecule has 305 valence electrons. The zero-order chi connectivity index (χ0) is 43.3. The van der Waals surface area contributed by atoms with Gasteiger partial charge in [-0.25, -0.2) is 8.78 Å². The average Bonchev–Trinajstić information content (AvgIpc) is 3.84. The van der Waals surface area contributed by atoms with Crippen molar-refractivity contribution >= 4 is 61.4 Å². The Kier molecular flexibility index (Phi) is 11.2. The van der Waals surface area contributed by atoms with E-state index in [0.717, 1.165) is 70.9 Å². The maximum absolute atomic E-state index is 14.5. The van der Waals surface area contributed by atoms with Crippen molar-refractivity contribution in [3.63, 3.8) is 0 Å². The SMILES string of the molecule is Fc1cccc(F)c1-c1ccc2c(c1)oc1c[c-]c(-c3nc4ccccc4n3-c3cccc4ccccc34)cc12.[2H]C([2H])(c1cc(-c2[c-]cccc2)nc[c]1[Ge]([CH3])([CH3])[CH3])C(C)C.[Ir]. The van der Waals surface area contributed by atoms with Gasteiger partial charge < -0.3 is 8.98 Å². The number of benzene rings is 7. The summed E-state index contributed by atoms with van der Waals surface area (Å²) in [7, 11) is 0. The van der Waals surface area contributed by atoms with Crippen LogP contribution in [0.4, 0.5) is 8.78 Å². The summed E-state index contributed by atoms with van der Waals surface area (Å²) in [5, 5.41) is 3.99. The number of furan rings is 1. The van der Waals surface area contributed by atoms with Gasteiger partial charge in [0, 0.05) is 36.6 Å². The van der Waals surface area contributed by atoms with Gasteiger partial charge in [-0.05, 0) is 47.3 Å². The normalized spacial score (nSPS) is 12.3. The van der Waals surface area contributed by atoms with Crippen molar-refractivity contribution in [1.29, 1.82) is 0 Å². The summed E-state index contributed by atoms with van der Waals surface area (Å²) in [5.74, 6) is 6.31. The minimum absolute atomic E-state index is 0. The first kappa shape index (κ1) is 39.4. The molecule has 10 rings (SSSR count). The van der Waals surface area contributed by atoms with Crippen molar-refractivity contribution in [2.45, 2.75) is 37.5 Å². The molecule has 0 saturated carbocycles. The Bertz CT molecular complexity index is 3260. The van der Waals surface area contributed by atoms with Gasteiger partial charge in [-0.1, -0.05) is 72.1 Å². The molecule has 61 heavy (non-hydrogen) atoms. The second-order valence-electron chi connectivity index (χ2n) is 16.2. The van der Waals surface area contributed by atoms with Gasteiger partial charge in [-0.2, -0.15) is 0 Å². The largest absolute Gasteiger partial charge is 0 e. The smallest absolute Gasteiger partial charge is 0 e. The van der Waals surface area contributed by atoms with Gasteiger partial charge >= 0.3 is 128 Å². The molecule has 0 fully saturated rings. The van der Waals surface area contributed by atoms with Crippen molar-refractivity contribution in [2.24, 2.45) is 5.92 Å². The zero-order valence-electron chi connectivity index (χ0n) is 36.4. The molecular weight excluding hydrogens is 997 g/mol. The van der Waals surface area contributed by atoms with Gasteiger partial charge in [-0.3, -0.25) is 4.98 Å². The van der Waals surface area contributed by atoms with Crippen LogP contribution in [0.1, 0.15) is 22.2 Å². The minimum Gasteiger partial charge on any atom is 0 e. The number of fused-ring (bicyclic) bond motifs is 5. The molecular formula is C53H43F2GeIrN3O-2. The summed E-state index contributed by atoms with van der Waals surface area (Å²) in [4.78, 5) is 9.63. The Morgan fingerprint density at radius 2 is 1.48 bits per heavy atom. The molecule has 0 N–H and O–H groups in total. The molecule has 10 aromatic rings. The molecule has 3 heterocycles. The monoisotopic (exact) mass is 1040 g/mol. The van der Waals surface area contributed by atoms with Crippen LogP contribution >= 0.6 is 0 Å². The van der Waals surface area contributed by atoms with Crippen LogP contribution in [-0.4, -0.2) is 27.8 Å². The Morgan fingerprint density at radius 3 is 2.25 bits per heavy atom. The fourth-order valence-corrected chi connectivity index (χ4v) is 10.8. The van der Waals surface area contributed by atoms with Crippen LogP contribution in [0.5, 0.6) is 0 Å². The molecule has 0 atom stereocenters. The van der Waals surface area contributed by atoms with Crippen LogP contribution < -0.4 is 4.40 Å². The van der Waals surface area contributed by atoms with E-state index in [1.165, 1.54) is 18.2 Å². The molecule has 4 nitrogen and oxygen atoms in total. The second kappa shape index (κ2) is 17.3. The van der Waals surface area contributed by atoms with Gasteiger partial charge in [0.15, 0.2) is 0 Å². The molecule has 3 aromatic heterocycles. The van der Waals surface area contributed by atoms with Gasteiger partial charge in [0.1, 0.15) is 17.2 Å². The average molecular weight is 1040 g/mol. The first-order valence-corrected chi connectivity index (χ1v) is 27.4. The number of halogens is 2. The van der Waals surface area contributed by atoms with Gasteiger partial charge in [0.2, 0.25) is 0 Å². The maximum atomic E-state index is 14.5. The summed E-state index contributed by atoms with van der Waals surface area (Å²) in [5.41, 5.74) is 7.78. The van der Waals surface area contributed by atoms with Gasteiger partial charge in [0.25, 0.3) is 0 Å². The Hall–Kier alpha value is -5.73. The topological polar surface area (TPSA) is 43.9 Å². The number of rotatable bonds is 7. The van der Waals surface area contributed by atoms with E-state index in [1.807, 2.05) is 92.8 Å². The summed E-state index contributed by atoms with van der Waals surface area (Å²) in [6.45, 7) is 3.88. The molecule has 7 aromatic carbocycles. The Balaban J connectivity index is 0.000000203. The van der Waals surface area contributed by atoms with Crippen molar-refractivity contribution in [3.05, 3.63) is 181 Å². The number of hydrogen-bond acceptors (Lipinski definition) is 3. The van der Waals surface area contributed by atoms with Gasteiger partial charge in [-0.15, -0.1) is 23.8 Å². The quantitative estimate of drug-likeness (QED) is 0.118. The second-order valence-corrected chi connectivity index (χ2v) is 26.8. The van der Waals surface area contributed by atoms with Gasteiger partial charge in [0.05, 0.1) is 28.0 Å². The Morgan fingerprint density at radius 1 is 0.738 bits per heavy atom.